The molecule has 0 saturated heterocycles. The first kappa shape index (κ1) is 19.1. The zero-order valence-corrected chi connectivity index (χ0v) is 14.4. The van der Waals surface area contributed by atoms with E-state index in [0.29, 0.717) is 17.8 Å². The SMILES string of the molecule is COCC(=O)OCC(=O)Nc1ccccc1C(=O)NCc1ccccc1. The zero-order valence-electron chi connectivity index (χ0n) is 14.4. The predicted molar refractivity (Wildman–Crippen MR) is 95.5 cm³/mol. The lowest BCUT2D eigenvalue weighted by molar-refractivity contribution is -0.150. The van der Waals surface area contributed by atoms with Crippen LogP contribution in [0.4, 0.5) is 5.69 Å². The van der Waals surface area contributed by atoms with Crippen molar-refractivity contribution in [3.05, 3.63) is 65.7 Å². The highest BCUT2D eigenvalue weighted by atomic mass is 16.6. The van der Waals surface area contributed by atoms with Crippen molar-refractivity contribution in [3.8, 4) is 0 Å². The van der Waals surface area contributed by atoms with Gasteiger partial charge in [-0.05, 0) is 17.7 Å². The van der Waals surface area contributed by atoms with Crippen molar-refractivity contribution in [3.63, 3.8) is 0 Å². The first-order valence-corrected chi connectivity index (χ1v) is 7.95. The molecule has 2 rings (SSSR count). The third-order valence-corrected chi connectivity index (χ3v) is 3.37. The van der Waals surface area contributed by atoms with Crippen LogP contribution in [0, 0.1) is 0 Å². The minimum atomic E-state index is -0.642. The van der Waals surface area contributed by atoms with Gasteiger partial charge < -0.3 is 20.1 Å². The number of ether oxygens (including phenoxy) is 2. The molecular weight excluding hydrogens is 336 g/mol. The van der Waals surface area contributed by atoms with E-state index < -0.39 is 18.5 Å². The molecule has 0 atom stereocenters. The van der Waals surface area contributed by atoms with Gasteiger partial charge in [-0.15, -0.1) is 0 Å². The van der Waals surface area contributed by atoms with Crippen molar-refractivity contribution in [2.75, 3.05) is 25.6 Å². The van der Waals surface area contributed by atoms with E-state index in [1.54, 1.807) is 24.3 Å². The molecule has 7 heteroatoms. The Morgan fingerprint density at radius 1 is 0.923 bits per heavy atom. The monoisotopic (exact) mass is 356 g/mol. The largest absolute Gasteiger partial charge is 0.454 e. The van der Waals surface area contributed by atoms with Crippen LogP contribution in [0.1, 0.15) is 15.9 Å². The molecule has 136 valence electrons. The fourth-order valence-corrected chi connectivity index (χ4v) is 2.16. The Morgan fingerprint density at radius 2 is 1.62 bits per heavy atom. The number of amides is 2. The first-order chi connectivity index (χ1) is 12.6. The predicted octanol–water partition coefficient (Wildman–Crippen LogP) is 1.74. The maximum atomic E-state index is 12.4. The lowest BCUT2D eigenvalue weighted by Gasteiger charge is -2.12. The maximum absolute atomic E-state index is 12.4. The number of hydrogen-bond donors (Lipinski definition) is 2. The van der Waals surface area contributed by atoms with Gasteiger partial charge in [0.2, 0.25) is 0 Å². The quantitative estimate of drug-likeness (QED) is 0.703. The Balaban J connectivity index is 1.94. The molecule has 0 aliphatic heterocycles. The highest BCUT2D eigenvalue weighted by Crippen LogP contribution is 2.15. The Labute approximate surface area is 151 Å². The third kappa shape index (κ3) is 6.03. The van der Waals surface area contributed by atoms with Crippen LogP contribution in [-0.4, -0.2) is 38.1 Å². The van der Waals surface area contributed by atoms with Gasteiger partial charge in [0.05, 0.1) is 11.3 Å². The average Bonchev–Trinajstić information content (AvgIpc) is 2.66. The second-order valence-electron chi connectivity index (χ2n) is 5.36. The van der Waals surface area contributed by atoms with Crippen LogP contribution in [0.3, 0.4) is 0 Å². The smallest absolute Gasteiger partial charge is 0.332 e. The van der Waals surface area contributed by atoms with Crippen molar-refractivity contribution in [1.82, 2.24) is 5.32 Å². The van der Waals surface area contributed by atoms with E-state index in [9.17, 15) is 14.4 Å². The average molecular weight is 356 g/mol. The fraction of sp³-hybridized carbons (Fsp3) is 0.211. The summed E-state index contributed by atoms with van der Waals surface area (Å²) < 4.78 is 9.35. The van der Waals surface area contributed by atoms with E-state index in [-0.39, 0.29) is 12.5 Å². The number of esters is 1. The first-order valence-electron chi connectivity index (χ1n) is 7.95. The molecule has 0 aromatic heterocycles. The molecule has 0 aliphatic carbocycles. The van der Waals surface area contributed by atoms with Crippen molar-refractivity contribution >= 4 is 23.5 Å². The molecule has 0 aliphatic rings. The van der Waals surface area contributed by atoms with Gasteiger partial charge >= 0.3 is 5.97 Å². The molecule has 0 fully saturated rings. The van der Waals surface area contributed by atoms with Gasteiger partial charge in [0, 0.05) is 13.7 Å². The molecule has 2 aromatic carbocycles. The molecule has 26 heavy (non-hydrogen) atoms. The molecule has 0 saturated carbocycles. The van der Waals surface area contributed by atoms with Crippen LogP contribution in [-0.2, 0) is 25.6 Å². The fourth-order valence-electron chi connectivity index (χ4n) is 2.16. The zero-order chi connectivity index (χ0) is 18.8. The molecule has 2 aromatic rings. The van der Waals surface area contributed by atoms with Gasteiger partial charge in [-0.2, -0.15) is 0 Å². The summed E-state index contributed by atoms with van der Waals surface area (Å²) in [6, 6.07) is 16.1. The van der Waals surface area contributed by atoms with Crippen molar-refractivity contribution in [1.29, 1.82) is 0 Å². The summed E-state index contributed by atoms with van der Waals surface area (Å²) in [5.41, 5.74) is 1.62. The number of methoxy groups -OCH3 is 1. The molecule has 2 N–H and O–H groups in total. The van der Waals surface area contributed by atoms with Gasteiger partial charge in [0.25, 0.3) is 11.8 Å². The van der Waals surface area contributed by atoms with Crippen molar-refractivity contribution in [2.45, 2.75) is 6.54 Å². The van der Waals surface area contributed by atoms with Crippen molar-refractivity contribution < 1.29 is 23.9 Å². The summed E-state index contributed by atoms with van der Waals surface area (Å²) in [5.74, 6) is -1.50. The summed E-state index contributed by atoms with van der Waals surface area (Å²) in [5, 5.41) is 5.37. The normalized spacial score (nSPS) is 10.0. The maximum Gasteiger partial charge on any atom is 0.332 e. The van der Waals surface area contributed by atoms with E-state index in [0.717, 1.165) is 5.56 Å². The lowest BCUT2D eigenvalue weighted by Crippen LogP contribution is -2.26. The van der Waals surface area contributed by atoms with Crippen LogP contribution in [0.2, 0.25) is 0 Å². The van der Waals surface area contributed by atoms with E-state index in [1.165, 1.54) is 7.11 Å². The molecule has 0 radical (unpaired) electrons. The number of anilines is 1. The number of hydrogen-bond acceptors (Lipinski definition) is 5. The molecule has 0 spiro atoms. The van der Waals surface area contributed by atoms with Gasteiger partial charge in [-0.25, -0.2) is 4.79 Å². The Morgan fingerprint density at radius 3 is 2.35 bits per heavy atom. The third-order valence-electron chi connectivity index (χ3n) is 3.37. The number of carbonyl (C=O) groups excluding carboxylic acids is 3. The summed E-state index contributed by atoms with van der Waals surface area (Å²) in [6.45, 7) is -0.315. The minimum Gasteiger partial charge on any atom is -0.454 e. The van der Waals surface area contributed by atoms with E-state index in [1.807, 2.05) is 30.3 Å². The topological polar surface area (TPSA) is 93.7 Å². The van der Waals surface area contributed by atoms with E-state index in [2.05, 4.69) is 15.4 Å². The number of benzene rings is 2. The molecular formula is C19H20N2O5. The van der Waals surface area contributed by atoms with Gasteiger partial charge in [0.15, 0.2) is 6.61 Å². The molecule has 7 nitrogen and oxygen atoms in total. The van der Waals surface area contributed by atoms with Crippen LogP contribution >= 0.6 is 0 Å². The highest BCUT2D eigenvalue weighted by molar-refractivity contribution is 6.04. The lowest BCUT2D eigenvalue weighted by atomic mass is 10.1. The van der Waals surface area contributed by atoms with Gasteiger partial charge in [0.1, 0.15) is 6.61 Å². The molecule has 0 heterocycles. The summed E-state index contributed by atoms with van der Waals surface area (Å²) in [7, 11) is 1.35. The van der Waals surface area contributed by atoms with Crippen molar-refractivity contribution in [2.24, 2.45) is 0 Å². The molecule has 0 unspecified atom stereocenters. The van der Waals surface area contributed by atoms with Gasteiger partial charge in [-0.3, -0.25) is 9.59 Å². The summed E-state index contributed by atoms with van der Waals surface area (Å²) in [6.07, 6.45) is 0. The van der Waals surface area contributed by atoms with E-state index >= 15 is 0 Å². The van der Waals surface area contributed by atoms with Gasteiger partial charge in [-0.1, -0.05) is 42.5 Å². The Kier molecular flexibility index (Phi) is 7.32. The Hall–Kier alpha value is -3.19. The number of carbonyl (C=O) groups is 3. The minimum absolute atomic E-state index is 0.230. The van der Waals surface area contributed by atoms with Crippen LogP contribution in [0.5, 0.6) is 0 Å². The second kappa shape index (κ2) is 9.95. The summed E-state index contributed by atoms with van der Waals surface area (Å²) in [4.78, 5) is 35.5. The summed E-state index contributed by atoms with van der Waals surface area (Å²) >= 11 is 0. The van der Waals surface area contributed by atoms with Crippen LogP contribution < -0.4 is 10.6 Å². The van der Waals surface area contributed by atoms with E-state index in [4.69, 9.17) is 4.74 Å². The number of rotatable bonds is 8. The standard InChI is InChI=1S/C19H20N2O5/c1-25-13-18(23)26-12-17(22)21-16-10-6-5-9-15(16)19(24)20-11-14-7-3-2-4-8-14/h2-10H,11-13H2,1H3,(H,20,24)(H,21,22). The molecule has 0 bridgehead atoms. The van der Waals surface area contributed by atoms with Crippen LogP contribution in [0.15, 0.2) is 54.6 Å². The highest BCUT2D eigenvalue weighted by Gasteiger charge is 2.14. The number of nitrogens with one attached hydrogen (secondary N) is 2. The Bertz CT molecular complexity index is 762. The molecule has 2 amide bonds. The van der Waals surface area contributed by atoms with Crippen LogP contribution in [0.25, 0.3) is 0 Å². The number of para-hydroxylation sites is 1. The second-order valence-corrected chi connectivity index (χ2v) is 5.36.